The Morgan fingerprint density at radius 1 is 1.03 bits per heavy atom. The molecule has 0 bridgehead atoms. The molecule has 29 heavy (non-hydrogen) atoms. The lowest BCUT2D eigenvalue weighted by atomic mass is 10.1. The fourth-order valence-corrected chi connectivity index (χ4v) is 2.94. The van der Waals surface area contributed by atoms with E-state index in [9.17, 15) is 4.79 Å². The van der Waals surface area contributed by atoms with Gasteiger partial charge >= 0.3 is 0 Å². The zero-order chi connectivity index (χ0) is 20.6. The van der Waals surface area contributed by atoms with Crippen molar-refractivity contribution >= 4 is 11.7 Å². The summed E-state index contributed by atoms with van der Waals surface area (Å²) in [6.45, 7) is 4.49. The predicted octanol–water partition coefficient (Wildman–Crippen LogP) is 3.95. The summed E-state index contributed by atoms with van der Waals surface area (Å²) in [4.78, 5) is 21.6. The van der Waals surface area contributed by atoms with Crippen LogP contribution in [-0.4, -0.2) is 35.6 Å². The first kappa shape index (κ1) is 20.3. The van der Waals surface area contributed by atoms with Gasteiger partial charge in [-0.1, -0.05) is 48.5 Å². The number of methoxy groups -OCH3 is 1. The highest BCUT2D eigenvalue weighted by molar-refractivity contribution is 5.93. The molecule has 0 fully saturated rings. The monoisotopic (exact) mass is 390 g/mol. The van der Waals surface area contributed by atoms with Crippen molar-refractivity contribution in [3.05, 3.63) is 71.9 Å². The Kier molecular flexibility index (Phi) is 6.79. The van der Waals surface area contributed by atoms with Crippen LogP contribution >= 0.6 is 0 Å². The summed E-state index contributed by atoms with van der Waals surface area (Å²) in [5.41, 5.74) is 2.31. The molecule has 2 N–H and O–H groups in total. The number of amides is 1. The third-order valence-corrected chi connectivity index (χ3v) is 4.30. The molecule has 1 heterocycles. The lowest BCUT2D eigenvalue weighted by Gasteiger charge is -2.13. The summed E-state index contributed by atoms with van der Waals surface area (Å²) in [5.74, 6) is 1.77. The number of carbonyl (C=O) groups excluding carboxylic acids is 1. The molecular formula is C23H26N4O2. The quantitative estimate of drug-likeness (QED) is 0.609. The van der Waals surface area contributed by atoms with Gasteiger partial charge in [0, 0.05) is 24.2 Å². The van der Waals surface area contributed by atoms with E-state index in [2.05, 4.69) is 20.6 Å². The number of anilines is 1. The summed E-state index contributed by atoms with van der Waals surface area (Å²) < 4.78 is 5.41. The maximum Gasteiger partial charge on any atom is 0.270 e. The van der Waals surface area contributed by atoms with Crippen LogP contribution in [0.4, 0.5) is 5.82 Å². The van der Waals surface area contributed by atoms with Crippen LogP contribution in [0.5, 0.6) is 5.75 Å². The SMILES string of the molecule is COc1ccccc1CCNc1cc(C(=O)NC(C)C)nc(-c2ccccc2)n1. The summed E-state index contributed by atoms with van der Waals surface area (Å²) in [6, 6.07) is 19.3. The number of nitrogens with one attached hydrogen (secondary N) is 2. The van der Waals surface area contributed by atoms with E-state index in [1.54, 1.807) is 13.2 Å². The van der Waals surface area contributed by atoms with E-state index in [0.29, 0.717) is 23.9 Å². The molecule has 0 atom stereocenters. The first-order chi connectivity index (χ1) is 14.1. The fourth-order valence-electron chi connectivity index (χ4n) is 2.94. The molecule has 0 spiro atoms. The minimum atomic E-state index is -0.215. The molecule has 150 valence electrons. The predicted molar refractivity (Wildman–Crippen MR) is 115 cm³/mol. The van der Waals surface area contributed by atoms with E-state index in [1.165, 1.54) is 0 Å². The second-order valence-corrected chi connectivity index (χ2v) is 6.94. The van der Waals surface area contributed by atoms with Crippen molar-refractivity contribution in [1.29, 1.82) is 0 Å². The summed E-state index contributed by atoms with van der Waals surface area (Å²) in [5, 5.41) is 6.20. The number of hydrogen-bond acceptors (Lipinski definition) is 5. The first-order valence-corrected chi connectivity index (χ1v) is 9.68. The van der Waals surface area contributed by atoms with Crippen LogP contribution in [-0.2, 0) is 6.42 Å². The van der Waals surface area contributed by atoms with Crippen molar-refractivity contribution in [2.45, 2.75) is 26.3 Å². The highest BCUT2D eigenvalue weighted by Crippen LogP contribution is 2.20. The Morgan fingerprint density at radius 3 is 2.48 bits per heavy atom. The Balaban J connectivity index is 1.82. The van der Waals surface area contributed by atoms with Gasteiger partial charge in [-0.2, -0.15) is 0 Å². The summed E-state index contributed by atoms with van der Waals surface area (Å²) in [6.07, 6.45) is 0.766. The van der Waals surface area contributed by atoms with E-state index < -0.39 is 0 Å². The number of hydrogen-bond donors (Lipinski definition) is 2. The van der Waals surface area contributed by atoms with Gasteiger partial charge in [-0.05, 0) is 31.9 Å². The second kappa shape index (κ2) is 9.68. The van der Waals surface area contributed by atoms with Gasteiger partial charge < -0.3 is 15.4 Å². The average molecular weight is 390 g/mol. The molecular weight excluding hydrogens is 364 g/mol. The van der Waals surface area contributed by atoms with E-state index in [4.69, 9.17) is 4.74 Å². The van der Waals surface area contributed by atoms with E-state index >= 15 is 0 Å². The lowest BCUT2D eigenvalue weighted by Crippen LogP contribution is -2.31. The van der Waals surface area contributed by atoms with Crippen LogP contribution in [0.25, 0.3) is 11.4 Å². The van der Waals surface area contributed by atoms with Gasteiger partial charge in [0.25, 0.3) is 5.91 Å². The van der Waals surface area contributed by atoms with Crippen LogP contribution < -0.4 is 15.4 Å². The minimum absolute atomic E-state index is 0.0274. The smallest absolute Gasteiger partial charge is 0.270 e. The van der Waals surface area contributed by atoms with Gasteiger partial charge in [0.05, 0.1) is 7.11 Å². The van der Waals surface area contributed by atoms with Gasteiger partial charge in [0.1, 0.15) is 17.3 Å². The van der Waals surface area contributed by atoms with Crippen molar-refractivity contribution in [2.75, 3.05) is 19.0 Å². The van der Waals surface area contributed by atoms with E-state index in [-0.39, 0.29) is 11.9 Å². The number of rotatable bonds is 8. The number of para-hydroxylation sites is 1. The third-order valence-electron chi connectivity index (χ3n) is 4.30. The molecule has 0 aliphatic rings. The molecule has 0 unspecified atom stereocenters. The van der Waals surface area contributed by atoms with Gasteiger partial charge in [-0.3, -0.25) is 4.79 Å². The molecule has 3 rings (SSSR count). The van der Waals surface area contributed by atoms with Crippen LogP contribution in [0.2, 0.25) is 0 Å². The zero-order valence-electron chi connectivity index (χ0n) is 17.0. The minimum Gasteiger partial charge on any atom is -0.496 e. The lowest BCUT2D eigenvalue weighted by molar-refractivity contribution is 0.0938. The second-order valence-electron chi connectivity index (χ2n) is 6.94. The molecule has 0 saturated heterocycles. The maximum atomic E-state index is 12.5. The molecule has 0 aliphatic carbocycles. The van der Waals surface area contributed by atoms with Gasteiger partial charge in [0.15, 0.2) is 5.82 Å². The van der Waals surface area contributed by atoms with Crippen LogP contribution in [0.15, 0.2) is 60.7 Å². The van der Waals surface area contributed by atoms with Crippen molar-refractivity contribution < 1.29 is 9.53 Å². The summed E-state index contributed by atoms with van der Waals surface area (Å²) in [7, 11) is 1.67. The molecule has 1 amide bonds. The van der Waals surface area contributed by atoms with Crippen LogP contribution in [0, 0.1) is 0 Å². The maximum absolute atomic E-state index is 12.5. The Labute approximate surface area is 171 Å². The highest BCUT2D eigenvalue weighted by atomic mass is 16.5. The van der Waals surface area contributed by atoms with Crippen molar-refractivity contribution in [1.82, 2.24) is 15.3 Å². The number of nitrogens with zero attached hydrogens (tertiary/aromatic N) is 2. The first-order valence-electron chi connectivity index (χ1n) is 9.68. The van der Waals surface area contributed by atoms with E-state index in [1.807, 2.05) is 68.4 Å². The molecule has 0 saturated carbocycles. The highest BCUT2D eigenvalue weighted by Gasteiger charge is 2.14. The zero-order valence-corrected chi connectivity index (χ0v) is 17.0. The normalized spacial score (nSPS) is 10.6. The number of benzene rings is 2. The summed E-state index contributed by atoms with van der Waals surface area (Å²) >= 11 is 0. The fraction of sp³-hybridized carbons (Fsp3) is 0.261. The topological polar surface area (TPSA) is 76.1 Å². The third kappa shape index (κ3) is 5.54. The average Bonchev–Trinajstić information content (AvgIpc) is 2.74. The number of aromatic nitrogens is 2. The van der Waals surface area contributed by atoms with Gasteiger partial charge in [0.2, 0.25) is 0 Å². The van der Waals surface area contributed by atoms with Crippen molar-refractivity contribution in [2.24, 2.45) is 0 Å². The standard InChI is InChI=1S/C23H26N4O2/c1-16(2)25-23(28)19-15-21(27-22(26-19)18-10-5-4-6-11-18)24-14-13-17-9-7-8-12-20(17)29-3/h4-12,15-16H,13-14H2,1-3H3,(H,25,28)(H,24,26,27). The molecule has 3 aromatic rings. The molecule has 6 heteroatoms. The number of carbonyl (C=O) groups is 1. The molecule has 0 aliphatic heterocycles. The van der Waals surface area contributed by atoms with Crippen molar-refractivity contribution in [3.8, 4) is 17.1 Å². The van der Waals surface area contributed by atoms with Gasteiger partial charge in [-0.15, -0.1) is 0 Å². The van der Waals surface area contributed by atoms with E-state index in [0.717, 1.165) is 23.3 Å². The van der Waals surface area contributed by atoms with Crippen LogP contribution in [0.1, 0.15) is 29.9 Å². The Hall–Kier alpha value is -3.41. The molecule has 0 radical (unpaired) electrons. The Bertz CT molecular complexity index is 958. The van der Waals surface area contributed by atoms with Crippen LogP contribution in [0.3, 0.4) is 0 Å². The van der Waals surface area contributed by atoms with Crippen molar-refractivity contribution in [3.63, 3.8) is 0 Å². The molecule has 1 aromatic heterocycles. The number of ether oxygens (including phenoxy) is 1. The molecule has 2 aromatic carbocycles. The Morgan fingerprint density at radius 2 is 1.76 bits per heavy atom. The molecule has 6 nitrogen and oxygen atoms in total. The largest absolute Gasteiger partial charge is 0.496 e. The van der Waals surface area contributed by atoms with Gasteiger partial charge in [-0.25, -0.2) is 9.97 Å².